The Bertz CT molecular complexity index is 735. The van der Waals surface area contributed by atoms with Crippen molar-refractivity contribution in [2.45, 2.75) is 58.0 Å². The lowest BCUT2D eigenvalue weighted by molar-refractivity contribution is 0.0864. The van der Waals surface area contributed by atoms with Gasteiger partial charge in [-0.15, -0.1) is 0 Å². The summed E-state index contributed by atoms with van der Waals surface area (Å²) in [5.41, 5.74) is 0.760. The van der Waals surface area contributed by atoms with E-state index >= 15 is 0 Å². The number of ether oxygens (including phenoxy) is 1. The molecule has 1 aromatic carbocycles. The Balaban J connectivity index is 1.63. The lowest BCUT2D eigenvalue weighted by atomic mass is 9.74. The molecule has 0 radical (unpaired) electrons. The predicted octanol–water partition coefficient (Wildman–Crippen LogP) is 5.00. The zero-order chi connectivity index (χ0) is 18.8. The van der Waals surface area contributed by atoms with E-state index in [1.54, 1.807) is 12.3 Å². The third-order valence-corrected chi connectivity index (χ3v) is 4.77. The fourth-order valence-corrected chi connectivity index (χ4v) is 4.27. The van der Waals surface area contributed by atoms with Crippen LogP contribution in [0.2, 0.25) is 0 Å². The second kappa shape index (κ2) is 7.20. The van der Waals surface area contributed by atoms with E-state index in [-0.39, 0.29) is 16.9 Å². The molecule has 0 spiro atoms. The van der Waals surface area contributed by atoms with Gasteiger partial charge in [0.05, 0.1) is 0 Å². The van der Waals surface area contributed by atoms with E-state index in [0.717, 1.165) is 18.6 Å². The van der Waals surface area contributed by atoms with Crippen molar-refractivity contribution in [3.8, 4) is 11.6 Å². The minimum absolute atomic E-state index is 0.0539. The normalized spacial score (nSPS) is 19.1. The van der Waals surface area contributed by atoms with Crippen LogP contribution in [-0.2, 0) is 0 Å². The Morgan fingerprint density at radius 3 is 2.31 bits per heavy atom. The Labute approximate surface area is 156 Å². The molecule has 2 heterocycles. The molecule has 2 aromatic rings. The molecular formula is C22H28N2O2. The van der Waals surface area contributed by atoms with Gasteiger partial charge in [-0.2, -0.15) is 0 Å². The molecule has 26 heavy (non-hydrogen) atoms. The number of Topliss-reactive ketones (excluding diaryl/α,β-unsaturated/α-hetero) is 1. The van der Waals surface area contributed by atoms with E-state index in [0.29, 0.717) is 23.8 Å². The van der Waals surface area contributed by atoms with Crippen LogP contribution in [0.15, 0.2) is 48.7 Å². The fourth-order valence-electron chi connectivity index (χ4n) is 4.27. The van der Waals surface area contributed by atoms with Gasteiger partial charge in [-0.05, 0) is 64.7 Å². The quantitative estimate of drug-likeness (QED) is 0.769. The first-order valence-electron chi connectivity index (χ1n) is 9.24. The molecule has 3 rings (SSSR count). The molecule has 0 unspecified atom stereocenters. The summed E-state index contributed by atoms with van der Waals surface area (Å²) >= 11 is 0. The molecule has 1 aliphatic rings. The van der Waals surface area contributed by atoms with Gasteiger partial charge in [0.2, 0.25) is 5.88 Å². The van der Waals surface area contributed by atoms with Gasteiger partial charge in [-0.1, -0.05) is 18.2 Å². The van der Waals surface area contributed by atoms with Gasteiger partial charge in [0.15, 0.2) is 5.78 Å². The van der Waals surface area contributed by atoms with Crippen LogP contribution in [0.3, 0.4) is 0 Å². The van der Waals surface area contributed by atoms with Crippen molar-refractivity contribution in [1.29, 1.82) is 0 Å². The maximum atomic E-state index is 12.7. The smallest absolute Gasteiger partial charge is 0.219 e. The average Bonchev–Trinajstić information content (AvgIpc) is 2.53. The van der Waals surface area contributed by atoms with Crippen LogP contribution >= 0.6 is 0 Å². The molecule has 138 valence electrons. The Hall–Kier alpha value is -2.20. The molecule has 0 bridgehead atoms. The maximum Gasteiger partial charge on any atom is 0.219 e. The molecule has 1 aromatic heterocycles. The number of hydrogen-bond donors (Lipinski definition) is 1. The van der Waals surface area contributed by atoms with Gasteiger partial charge in [-0.3, -0.25) is 4.79 Å². The second-order valence-electron chi connectivity index (χ2n) is 8.59. The third-order valence-electron chi connectivity index (χ3n) is 4.77. The first-order chi connectivity index (χ1) is 12.2. The largest absolute Gasteiger partial charge is 0.439 e. The van der Waals surface area contributed by atoms with Crippen LogP contribution in [0.1, 0.15) is 57.3 Å². The molecule has 1 saturated heterocycles. The van der Waals surface area contributed by atoms with E-state index in [1.165, 1.54) is 0 Å². The van der Waals surface area contributed by atoms with Gasteiger partial charge in [-0.25, -0.2) is 4.98 Å². The number of pyridine rings is 1. The number of carbonyl (C=O) groups is 1. The molecule has 1 fully saturated rings. The molecule has 0 saturated carbocycles. The highest BCUT2D eigenvalue weighted by molar-refractivity contribution is 5.96. The number of hydrogen-bond acceptors (Lipinski definition) is 4. The number of carbonyl (C=O) groups excluding carboxylic acids is 1. The lowest BCUT2D eigenvalue weighted by Crippen LogP contribution is -2.57. The van der Waals surface area contributed by atoms with E-state index in [9.17, 15) is 4.79 Å². The molecule has 1 aliphatic heterocycles. The monoisotopic (exact) mass is 352 g/mol. The van der Waals surface area contributed by atoms with Crippen molar-refractivity contribution in [2.75, 3.05) is 0 Å². The minimum Gasteiger partial charge on any atom is -0.439 e. The first-order valence-corrected chi connectivity index (χ1v) is 9.24. The number of benzene rings is 1. The van der Waals surface area contributed by atoms with Gasteiger partial charge in [0.1, 0.15) is 5.75 Å². The van der Waals surface area contributed by atoms with Gasteiger partial charge in [0, 0.05) is 35.3 Å². The number of nitrogens with one attached hydrogen (secondary N) is 1. The SMILES string of the molecule is CC1(C)CC(CC(=O)c2ccc(Oc3ccccc3)nc2)CC(C)(C)N1. The number of ketones is 1. The van der Waals surface area contributed by atoms with Crippen LogP contribution in [0.5, 0.6) is 11.6 Å². The lowest BCUT2D eigenvalue weighted by Gasteiger charge is -2.46. The molecular weight excluding hydrogens is 324 g/mol. The summed E-state index contributed by atoms with van der Waals surface area (Å²) in [7, 11) is 0. The number of nitrogens with zero attached hydrogens (tertiary/aromatic N) is 1. The minimum atomic E-state index is 0.0539. The van der Waals surface area contributed by atoms with E-state index in [4.69, 9.17) is 4.74 Å². The van der Waals surface area contributed by atoms with Crippen LogP contribution in [0.25, 0.3) is 0 Å². The standard InChI is InChI=1S/C22H28N2O2/c1-21(2)13-16(14-22(3,4)24-21)12-19(25)17-10-11-20(23-15-17)26-18-8-6-5-7-9-18/h5-11,15-16,24H,12-14H2,1-4H3. The zero-order valence-corrected chi connectivity index (χ0v) is 16.1. The van der Waals surface area contributed by atoms with Crippen molar-refractivity contribution in [2.24, 2.45) is 5.92 Å². The summed E-state index contributed by atoms with van der Waals surface area (Å²) in [4.78, 5) is 17.0. The highest BCUT2D eigenvalue weighted by Crippen LogP contribution is 2.35. The van der Waals surface area contributed by atoms with Crippen molar-refractivity contribution in [3.05, 3.63) is 54.2 Å². The number of para-hydroxylation sites is 1. The summed E-state index contributed by atoms with van der Waals surface area (Å²) in [6.45, 7) is 8.84. The number of aromatic nitrogens is 1. The zero-order valence-electron chi connectivity index (χ0n) is 16.1. The topological polar surface area (TPSA) is 51.2 Å². The highest BCUT2D eigenvalue weighted by Gasteiger charge is 2.38. The Morgan fingerprint density at radius 1 is 1.08 bits per heavy atom. The Morgan fingerprint density at radius 2 is 1.73 bits per heavy atom. The van der Waals surface area contributed by atoms with Crippen LogP contribution in [0.4, 0.5) is 0 Å². The van der Waals surface area contributed by atoms with Crippen molar-refractivity contribution in [1.82, 2.24) is 10.3 Å². The van der Waals surface area contributed by atoms with Crippen molar-refractivity contribution >= 4 is 5.78 Å². The maximum absolute atomic E-state index is 12.7. The summed E-state index contributed by atoms with van der Waals surface area (Å²) in [5, 5.41) is 3.67. The van der Waals surface area contributed by atoms with Crippen LogP contribution in [-0.4, -0.2) is 21.8 Å². The molecule has 1 N–H and O–H groups in total. The molecule has 4 heteroatoms. The molecule has 0 aliphatic carbocycles. The third kappa shape index (κ3) is 4.92. The second-order valence-corrected chi connectivity index (χ2v) is 8.59. The van der Waals surface area contributed by atoms with Crippen LogP contribution in [0, 0.1) is 5.92 Å². The highest BCUT2D eigenvalue weighted by atomic mass is 16.5. The van der Waals surface area contributed by atoms with Crippen molar-refractivity contribution < 1.29 is 9.53 Å². The van der Waals surface area contributed by atoms with E-state index in [2.05, 4.69) is 38.0 Å². The predicted molar refractivity (Wildman–Crippen MR) is 104 cm³/mol. The molecule has 0 amide bonds. The average molecular weight is 352 g/mol. The van der Waals surface area contributed by atoms with Gasteiger partial charge >= 0.3 is 0 Å². The molecule has 0 atom stereocenters. The summed E-state index contributed by atoms with van der Waals surface area (Å²) in [6.07, 6.45) is 4.20. The summed E-state index contributed by atoms with van der Waals surface area (Å²) in [6, 6.07) is 13.1. The first kappa shape index (κ1) is 18.6. The van der Waals surface area contributed by atoms with Gasteiger partial charge in [0.25, 0.3) is 0 Å². The summed E-state index contributed by atoms with van der Waals surface area (Å²) < 4.78 is 5.69. The van der Waals surface area contributed by atoms with Gasteiger partial charge < -0.3 is 10.1 Å². The molecule has 4 nitrogen and oxygen atoms in total. The number of rotatable bonds is 5. The van der Waals surface area contributed by atoms with E-state index in [1.807, 2.05) is 36.4 Å². The van der Waals surface area contributed by atoms with E-state index < -0.39 is 0 Å². The number of piperidine rings is 1. The summed E-state index contributed by atoms with van der Waals surface area (Å²) in [5.74, 6) is 1.77. The van der Waals surface area contributed by atoms with Crippen molar-refractivity contribution in [3.63, 3.8) is 0 Å². The van der Waals surface area contributed by atoms with Crippen LogP contribution < -0.4 is 10.1 Å². The Kier molecular flexibility index (Phi) is 5.15. The fraction of sp³-hybridized carbons (Fsp3) is 0.455.